The molecular formula is C16H25N3O. The molecule has 1 aliphatic rings. The van der Waals surface area contributed by atoms with Gasteiger partial charge in [0.25, 0.3) is 0 Å². The third kappa shape index (κ3) is 3.51. The number of amides is 1. The fourth-order valence-corrected chi connectivity index (χ4v) is 2.40. The standard InChI is InChI=1S/C16H25N3O/c1-4-19(14-9-5-12(2)6-10-14)11-16(3,15(17)20)18-13-7-8-13/h5-6,9-10,13,18H,4,7-8,11H2,1-3H3,(H2,17,20). The zero-order valence-corrected chi connectivity index (χ0v) is 12.6. The first-order chi connectivity index (χ1) is 9.44. The van der Waals surface area contributed by atoms with Crippen molar-refractivity contribution < 1.29 is 4.79 Å². The molecule has 1 fully saturated rings. The molecule has 0 saturated heterocycles. The highest BCUT2D eigenvalue weighted by Crippen LogP contribution is 2.24. The Labute approximate surface area is 121 Å². The summed E-state index contributed by atoms with van der Waals surface area (Å²) in [5.74, 6) is -0.282. The molecule has 2 rings (SSSR count). The van der Waals surface area contributed by atoms with Gasteiger partial charge in [0.15, 0.2) is 0 Å². The molecule has 1 atom stereocenters. The fraction of sp³-hybridized carbons (Fsp3) is 0.562. The summed E-state index contributed by atoms with van der Waals surface area (Å²) in [6.45, 7) is 7.52. The SMILES string of the molecule is CCN(CC(C)(NC1CC1)C(N)=O)c1ccc(C)cc1. The van der Waals surface area contributed by atoms with Gasteiger partial charge >= 0.3 is 0 Å². The minimum atomic E-state index is -0.679. The molecule has 1 aromatic carbocycles. The summed E-state index contributed by atoms with van der Waals surface area (Å²) in [4.78, 5) is 14.0. The quantitative estimate of drug-likeness (QED) is 0.798. The molecule has 0 aliphatic heterocycles. The molecule has 4 nitrogen and oxygen atoms in total. The predicted molar refractivity (Wildman–Crippen MR) is 82.8 cm³/mol. The number of hydrogen-bond donors (Lipinski definition) is 2. The van der Waals surface area contributed by atoms with Gasteiger partial charge in [-0.05, 0) is 45.7 Å². The Balaban J connectivity index is 2.13. The lowest BCUT2D eigenvalue weighted by Gasteiger charge is -2.35. The first kappa shape index (κ1) is 14.9. The lowest BCUT2D eigenvalue weighted by molar-refractivity contribution is -0.123. The number of benzene rings is 1. The molecule has 20 heavy (non-hydrogen) atoms. The third-order valence-corrected chi connectivity index (χ3v) is 3.93. The smallest absolute Gasteiger partial charge is 0.239 e. The number of primary amides is 1. The van der Waals surface area contributed by atoms with Crippen molar-refractivity contribution in [3.63, 3.8) is 0 Å². The lowest BCUT2D eigenvalue weighted by atomic mass is 10.00. The number of likely N-dealkylation sites (N-methyl/N-ethyl adjacent to an activating group) is 1. The molecule has 1 unspecified atom stereocenters. The van der Waals surface area contributed by atoms with Crippen LogP contribution in [-0.2, 0) is 4.79 Å². The average Bonchev–Trinajstić information content (AvgIpc) is 3.21. The summed E-state index contributed by atoms with van der Waals surface area (Å²) in [5, 5.41) is 3.40. The van der Waals surface area contributed by atoms with E-state index in [0.29, 0.717) is 12.6 Å². The maximum absolute atomic E-state index is 11.9. The number of aryl methyl sites for hydroxylation is 1. The second-order valence-electron chi connectivity index (χ2n) is 5.96. The Kier molecular flexibility index (Phi) is 4.33. The van der Waals surface area contributed by atoms with Crippen LogP contribution in [0.25, 0.3) is 0 Å². The van der Waals surface area contributed by atoms with Gasteiger partial charge in [-0.15, -0.1) is 0 Å². The second-order valence-corrected chi connectivity index (χ2v) is 5.96. The first-order valence-corrected chi connectivity index (χ1v) is 7.34. The van der Waals surface area contributed by atoms with Gasteiger partial charge in [-0.1, -0.05) is 17.7 Å². The van der Waals surface area contributed by atoms with E-state index in [1.807, 2.05) is 6.92 Å². The Morgan fingerprint density at radius 1 is 1.40 bits per heavy atom. The van der Waals surface area contributed by atoms with E-state index in [0.717, 1.165) is 25.1 Å². The maximum Gasteiger partial charge on any atom is 0.239 e. The normalized spacial score (nSPS) is 17.6. The van der Waals surface area contributed by atoms with E-state index in [-0.39, 0.29) is 5.91 Å². The van der Waals surface area contributed by atoms with E-state index >= 15 is 0 Å². The summed E-state index contributed by atoms with van der Waals surface area (Å²) in [6, 6.07) is 8.82. The summed E-state index contributed by atoms with van der Waals surface area (Å²) in [5.41, 5.74) is 7.31. The van der Waals surface area contributed by atoms with Crippen LogP contribution in [0.3, 0.4) is 0 Å². The van der Waals surface area contributed by atoms with Crippen molar-refractivity contribution in [2.75, 3.05) is 18.0 Å². The zero-order chi connectivity index (χ0) is 14.8. The van der Waals surface area contributed by atoms with E-state index in [4.69, 9.17) is 5.73 Å². The molecule has 1 aliphatic carbocycles. The van der Waals surface area contributed by atoms with Crippen LogP contribution in [-0.4, -0.2) is 30.6 Å². The lowest BCUT2D eigenvalue weighted by Crippen LogP contribution is -2.60. The fourth-order valence-electron chi connectivity index (χ4n) is 2.40. The van der Waals surface area contributed by atoms with Crippen LogP contribution in [0.2, 0.25) is 0 Å². The minimum absolute atomic E-state index is 0.282. The van der Waals surface area contributed by atoms with Crippen molar-refractivity contribution in [3.8, 4) is 0 Å². The number of nitrogens with two attached hydrogens (primary N) is 1. The van der Waals surface area contributed by atoms with Gasteiger partial charge in [0, 0.05) is 24.8 Å². The van der Waals surface area contributed by atoms with Crippen LogP contribution < -0.4 is 16.0 Å². The Hall–Kier alpha value is -1.55. The number of carbonyl (C=O) groups excluding carboxylic acids is 1. The van der Waals surface area contributed by atoms with Gasteiger partial charge in [0.2, 0.25) is 5.91 Å². The van der Waals surface area contributed by atoms with Crippen molar-refractivity contribution in [3.05, 3.63) is 29.8 Å². The van der Waals surface area contributed by atoms with Gasteiger partial charge in [0.05, 0.1) is 0 Å². The first-order valence-electron chi connectivity index (χ1n) is 7.34. The van der Waals surface area contributed by atoms with Crippen LogP contribution in [0.15, 0.2) is 24.3 Å². The molecule has 0 radical (unpaired) electrons. The van der Waals surface area contributed by atoms with Crippen LogP contribution in [0.1, 0.15) is 32.3 Å². The largest absolute Gasteiger partial charge is 0.369 e. The molecular weight excluding hydrogens is 250 g/mol. The molecule has 0 bridgehead atoms. The van der Waals surface area contributed by atoms with Crippen molar-refractivity contribution in [2.45, 2.75) is 45.2 Å². The third-order valence-electron chi connectivity index (χ3n) is 3.93. The van der Waals surface area contributed by atoms with E-state index in [1.54, 1.807) is 0 Å². The monoisotopic (exact) mass is 275 g/mol. The van der Waals surface area contributed by atoms with Crippen LogP contribution >= 0.6 is 0 Å². The average molecular weight is 275 g/mol. The number of nitrogens with zero attached hydrogens (tertiary/aromatic N) is 1. The minimum Gasteiger partial charge on any atom is -0.369 e. The number of carbonyl (C=O) groups is 1. The van der Waals surface area contributed by atoms with Gasteiger partial charge < -0.3 is 10.6 Å². The summed E-state index contributed by atoms with van der Waals surface area (Å²) in [7, 11) is 0. The summed E-state index contributed by atoms with van der Waals surface area (Å²) >= 11 is 0. The topological polar surface area (TPSA) is 58.4 Å². The van der Waals surface area contributed by atoms with Crippen molar-refractivity contribution in [2.24, 2.45) is 5.73 Å². The van der Waals surface area contributed by atoms with Crippen LogP contribution in [0.4, 0.5) is 5.69 Å². The molecule has 1 amide bonds. The summed E-state index contributed by atoms with van der Waals surface area (Å²) < 4.78 is 0. The Bertz CT molecular complexity index is 467. The zero-order valence-electron chi connectivity index (χ0n) is 12.6. The molecule has 0 spiro atoms. The maximum atomic E-state index is 11.9. The molecule has 1 saturated carbocycles. The van der Waals surface area contributed by atoms with Gasteiger partial charge in [-0.2, -0.15) is 0 Å². The number of anilines is 1. The van der Waals surface area contributed by atoms with Gasteiger partial charge in [-0.25, -0.2) is 0 Å². The predicted octanol–water partition coefficient (Wildman–Crippen LogP) is 1.82. The van der Waals surface area contributed by atoms with Crippen molar-refractivity contribution in [1.29, 1.82) is 0 Å². The molecule has 4 heteroatoms. The van der Waals surface area contributed by atoms with E-state index in [1.165, 1.54) is 5.56 Å². The number of rotatable bonds is 7. The van der Waals surface area contributed by atoms with Gasteiger partial charge in [0.1, 0.15) is 5.54 Å². The highest BCUT2D eigenvalue weighted by atomic mass is 16.1. The van der Waals surface area contributed by atoms with Crippen LogP contribution in [0, 0.1) is 6.92 Å². The number of hydrogen-bond acceptors (Lipinski definition) is 3. The van der Waals surface area contributed by atoms with Gasteiger partial charge in [-0.3, -0.25) is 10.1 Å². The molecule has 0 heterocycles. The Morgan fingerprint density at radius 2 is 2.00 bits per heavy atom. The number of nitrogens with one attached hydrogen (secondary N) is 1. The molecule has 3 N–H and O–H groups in total. The molecule has 0 aromatic heterocycles. The second kappa shape index (κ2) is 5.83. The van der Waals surface area contributed by atoms with E-state index in [2.05, 4.69) is 48.3 Å². The van der Waals surface area contributed by atoms with Crippen LogP contribution in [0.5, 0.6) is 0 Å². The molecule has 110 valence electrons. The van der Waals surface area contributed by atoms with Crippen molar-refractivity contribution in [1.82, 2.24) is 5.32 Å². The highest BCUT2D eigenvalue weighted by Gasteiger charge is 2.38. The molecule has 1 aromatic rings. The highest BCUT2D eigenvalue weighted by molar-refractivity contribution is 5.85. The Morgan fingerprint density at radius 3 is 2.45 bits per heavy atom. The summed E-state index contributed by atoms with van der Waals surface area (Å²) in [6.07, 6.45) is 2.28. The van der Waals surface area contributed by atoms with E-state index < -0.39 is 5.54 Å². The van der Waals surface area contributed by atoms with Crippen molar-refractivity contribution >= 4 is 11.6 Å². The van der Waals surface area contributed by atoms with E-state index in [9.17, 15) is 4.79 Å².